The molecule has 1 unspecified atom stereocenters. The molecule has 1 atom stereocenters. The fourth-order valence-electron chi connectivity index (χ4n) is 1.18. The van der Waals surface area contributed by atoms with Crippen molar-refractivity contribution >= 4 is 0 Å². The molecule has 2 N–H and O–H groups in total. The average molecular weight is 195 g/mol. The van der Waals surface area contributed by atoms with Crippen LogP contribution >= 0.6 is 0 Å². The highest BCUT2D eigenvalue weighted by molar-refractivity contribution is 5.35. The lowest BCUT2D eigenvalue weighted by Gasteiger charge is -2.13. The lowest BCUT2D eigenvalue weighted by Crippen LogP contribution is -2.09. The van der Waals surface area contributed by atoms with E-state index in [2.05, 4.69) is 0 Å². The lowest BCUT2D eigenvalue weighted by molar-refractivity contribution is 0.0217. The maximum Gasteiger partial charge on any atom is 0.189 e. The molecule has 0 aromatic heterocycles. The van der Waals surface area contributed by atoms with Crippen molar-refractivity contribution < 1.29 is 9.47 Å². The summed E-state index contributed by atoms with van der Waals surface area (Å²) in [5.41, 5.74) is 6.80. The summed E-state index contributed by atoms with van der Waals surface area (Å²) in [6, 6.07) is 7.72. The molecule has 78 valence electrons. The van der Waals surface area contributed by atoms with E-state index in [0.29, 0.717) is 6.61 Å². The highest BCUT2D eigenvalue weighted by Crippen LogP contribution is 2.22. The second-order valence-electron chi connectivity index (χ2n) is 3.08. The molecule has 3 heteroatoms. The van der Waals surface area contributed by atoms with E-state index in [4.69, 9.17) is 15.2 Å². The Hall–Kier alpha value is -1.06. The van der Waals surface area contributed by atoms with Gasteiger partial charge in [0.1, 0.15) is 5.75 Å². The van der Waals surface area contributed by atoms with Crippen LogP contribution in [0.25, 0.3) is 0 Å². The summed E-state index contributed by atoms with van der Waals surface area (Å²) < 4.78 is 10.5. The molecule has 0 amide bonds. The van der Waals surface area contributed by atoms with E-state index in [-0.39, 0.29) is 12.8 Å². The van der Waals surface area contributed by atoms with Crippen LogP contribution in [0.5, 0.6) is 5.75 Å². The summed E-state index contributed by atoms with van der Waals surface area (Å²) in [6.07, 6.45) is 0. The first-order valence-electron chi connectivity index (χ1n) is 4.80. The topological polar surface area (TPSA) is 44.5 Å². The van der Waals surface area contributed by atoms with Crippen LogP contribution in [0.2, 0.25) is 0 Å². The number of para-hydroxylation sites is 1. The number of benzene rings is 1. The average Bonchev–Trinajstić information content (AvgIpc) is 2.19. The van der Waals surface area contributed by atoms with Gasteiger partial charge in [0.2, 0.25) is 0 Å². The third-order valence-electron chi connectivity index (χ3n) is 1.91. The second-order valence-corrected chi connectivity index (χ2v) is 3.08. The van der Waals surface area contributed by atoms with Gasteiger partial charge in [0.25, 0.3) is 0 Å². The molecule has 0 spiro atoms. The molecule has 0 aliphatic rings. The Balaban J connectivity index is 2.64. The van der Waals surface area contributed by atoms with Crippen LogP contribution < -0.4 is 10.5 Å². The molecule has 0 bridgehead atoms. The zero-order valence-corrected chi connectivity index (χ0v) is 8.69. The molecule has 1 rings (SSSR count). The predicted octanol–water partition coefficient (Wildman–Crippen LogP) is 2.08. The summed E-state index contributed by atoms with van der Waals surface area (Å²) in [5.74, 6) is 0.802. The molecule has 1 aromatic carbocycles. The van der Waals surface area contributed by atoms with Crippen molar-refractivity contribution in [1.29, 1.82) is 0 Å². The molecule has 0 heterocycles. The van der Waals surface area contributed by atoms with E-state index in [0.717, 1.165) is 11.3 Å². The van der Waals surface area contributed by atoms with Crippen molar-refractivity contribution in [2.24, 2.45) is 5.73 Å². The standard InChI is InChI=1S/C11H17NO2/c1-3-13-8-14-11-7-5-4-6-10(11)9(2)12/h4-7,9H,3,8,12H2,1-2H3. The SMILES string of the molecule is CCOCOc1ccccc1C(C)N. The third-order valence-corrected chi connectivity index (χ3v) is 1.91. The van der Waals surface area contributed by atoms with Gasteiger partial charge in [-0.15, -0.1) is 0 Å². The van der Waals surface area contributed by atoms with E-state index < -0.39 is 0 Å². The van der Waals surface area contributed by atoms with E-state index in [9.17, 15) is 0 Å². The van der Waals surface area contributed by atoms with Crippen LogP contribution in [0.4, 0.5) is 0 Å². The minimum absolute atomic E-state index is 0.0205. The van der Waals surface area contributed by atoms with Crippen molar-refractivity contribution in [3.8, 4) is 5.75 Å². The number of nitrogens with two attached hydrogens (primary N) is 1. The van der Waals surface area contributed by atoms with Crippen molar-refractivity contribution in [2.75, 3.05) is 13.4 Å². The quantitative estimate of drug-likeness (QED) is 0.578. The van der Waals surface area contributed by atoms with Crippen molar-refractivity contribution in [3.63, 3.8) is 0 Å². The highest BCUT2D eigenvalue weighted by Gasteiger charge is 2.06. The van der Waals surface area contributed by atoms with Gasteiger partial charge in [-0.25, -0.2) is 0 Å². The van der Waals surface area contributed by atoms with Gasteiger partial charge in [-0.1, -0.05) is 18.2 Å². The van der Waals surface area contributed by atoms with Gasteiger partial charge in [0.05, 0.1) is 0 Å². The molecule has 0 saturated carbocycles. The Kier molecular flexibility index (Phi) is 4.43. The largest absolute Gasteiger partial charge is 0.467 e. The molecular formula is C11H17NO2. The lowest BCUT2D eigenvalue weighted by atomic mass is 10.1. The van der Waals surface area contributed by atoms with Crippen LogP contribution in [0, 0.1) is 0 Å². The van der Waals surface area contributed by atoms with Crippen molar-refractivity contribution in [1.82, 2.24) is 0 Å². The number of hydrogen-bond donors (Lipinski definition) is 1. The van der Waals surface area contributed by atoms with E-state index in [1.807, 2.05) is 38.1 Å². The zero-order valence-electron chi connectivity index (χ0n) is 8.69. The molecule has 0 radical (unpaired) electrons. The van der Waals surface area contributed by atoms with Crippen molar-refractivity contribution in [3.05, 3.63) is 29.8 Å². The van der Waals surface area contributed by atoms with Crippen LogP contribution in [-0.2, 0) is 4.74 Å². The van der Waals surface area contributed by atoms with Crippen LogP contribution in [0.3, 0.4) is 0 Å². The number of rotatable bonds is 5. The van der Waals surface area contributed by atoms with Gasteiger partial charge in [-0.05, 0) is 19.9 Å². The van der Waals surface area contributed by atoms with Gasteiger partial charge in [0, 0.05) is 18.2 Å². The summed E-state index contributed by atoms with van der Waals surface area (Å²) in [5, 5.41) is 0. The minimum Gasteiger partial charge on any atom is -0.467 e. The zero-order chi connectivity index (χ0) is 10.4. The Morgan fingerprint density at radius 2 is 2.07 bits per heavy atom. The summed E-state index contributed by atoms with van der Waals surface area (Å²) in [4.78, 5) is 0. The van der Waals surface area contributed by atoms with E-state index in [1.54, 1.807) is 0 Å². The maximum atomic E-state index is 5.80. The molecule has 0 aliphatic heterocycles. The van der Waals surface area contributed by atoms with Crippen LogP contribution in [0.1, 0.15) is 25.5 Å². The molecule has 0 fully saturated rings. The van der Waals surface area contributed by atoms with Crippen LogP contribution in [0.15, 0.2) is 24.3 Å². The summed E-state index contributed by atoms with van der Waals surface area (Å²) >= 11 is 0. The molecule has 1 aromatic rings. The molecular weight excluding hydrogens is 178 g/mol. The fourth-order valence-corrected chi connectivity index (χ4v) is 1.18. The Bertz CT molecular complexity index is 274. The first kappa shape index (κ1) is 11.0. The van der Waals surface area contributed by atoms with Crippen molar-refractivity contribution in [2.45, 2.75) is 19.9 Å². The van der Waals surface area contributed by atoms with E-state index >= 15 is 0 Å². The van der Waals surface area contributed by atoms with Gasteiger partial charge in [0.15, 0.2) is 6.79 Å². The fraction of sp³-hybridized carbons (Fsp3) is 0.455. The monoisotopic (exact) mass is 195 g/mol. The summed E-state index contributed by atoms with van der Waals surface area (Å²) in [6.45, 7) is 4.80. The van der Waals surface area contributed by atoms with Gasteiger partial charge >= 0.3 is 0 Å². The Morgan fingerprint density at radius 3 is 2.71 bits per heavy atom. The predicted molar refractivity (Wildman–Crippen MR) is 56.2 cm³/mol. The minimum atomic E-state index is -0.0205. The number of ether oxygens (including phenoxy) is 2. The first-order valence-corrected chi connectivity index (χ1v) is 4.80. The Morgan fingerprint density at radius 1 is 1.36 bits per heavy atom. The second kappa shape index (κ2) is 5.62. The van der Waals surface area contributed by atoms with Crippen LogP contribution in [-0.4, -0.2) is 13.4 Å². The highest BCUT2D eigenvalue weighted by atomic mass is 16.7. The number of hydrogen-bond acceptors (Lipinski definition) is 3. The molecule has 14 heavy (non-hydrogen) atoms. The van der Waals surface area contributed by atoms with Gasteiger partial charge < -0.3 is 15.2 Å². The van der Waals surface area contributed by atoms with E-state index in [1.165, 1.54) is 0 Å². The maximum absolute atomic E-state index is 5.80. The first-order chi connectivity index (χ1) is 6.75. The normalized spacial score (nSPS) is 12.5. The molecule has 0 saturated heterocycles. The summed E-state index contributed by atoms with van der Waals surface area (Å²) in [7, 11) is 0. The van der Waals surface area contributed by atoms with Gasteiger partial charge in [-0.3, -0.25) is 0 Å². The molecule has 3 nitrogen and oxygen atoms in total. The Labute approximate surface area is 84.8 Å². The van der Waals surface area contributed by atoms with Gasteiger partial charge in [-0.2, -0.15) is 0 Å². The third kappa shape index (κ3) is 3.01. The smallest absolute Gasteiger partial charge is 0.189 e. The molecule has 0 aliphatic carbocycles.